The van der Waals surface area contributed by atoms with E-state index in [9.17, 15) is 44.3 Å². The van der Waals surface area contributed by atoms with E-state index in [2.05, 4.69) is 0 Å². The average Bonchev–Trinajstić information content (AvgIpc) is 2.92. The monoisotopic (exact) mass is 614 g/mol. The second-order valence-electron chi connectivity index (χ2n) is 8.82. The second kappa shape index (κ2) is 12.5. The molecule has 2 aliphatic rings. The number of para-hydroxylation sites is 1. The van der Waals surface area contributed by atoms with Crippen molar-refractivity contribution in [1.82, 2.24) is 9.80 Å². The lowest BCUT2D eigenvalue weighted by molar-refractivity contribution is -0.185. The van der Waals surface area contributed by atoms with E-state index in [-0.39, 0.29) is 44.2 Å². The van der Waals surface area contributed by atoms with Crippen molar-refractivity contribution in [3.05, 3.63) is 54.6 Å². The van der Waals surface area contributed by atoms with Crippen LogP contribution in [0.2, 0.25) is 0 Å². The SMILES string of the molecule is O=C(N1CCN(c2ccc(S(=O)(=O)Cl)cc2)CC1)C(F)(F)F.O=C(N1CCN(c2ccccc2)CC1)C(F)(F)F. The minimum absolute atomic E-state index is 0.0477. The summed E-state index contributed by atoms with van der Waals surface area (Å²) in [5, 5.41) is 0. The van der Waals surface area contributed by atoms with Crippen molar-refractivity contribution in [3.8, 4) is 0 Å². The van der Waals surface area contributed by atoms with Crippen LogP contribution in [-0.2, 0) is 18.6 Å². The molecule has 8 nitrogen and oxygen atoms in total. The van der Waals surface area contributed by atoms with Gasteiger partial charge in [0.15, 0.2) is 0 Å². The number of halogens is 7. The Balaban J connectivity index is 0.000000225. The third-order valence-corrected chi connectivity index (χ3v) is 7.59. The molecule has 0 saturated carbocycles. The van der Waals surface area contributed by atoms with Crippen LogP contribution >= 0.6 is 10.7 Å². The molecule has 0 atom stereocenters. The first kappa shape index (κ1) is 31.3. The molecule has 40 heavy (non-hydrogen) atoms. The molecule has 0 N–H and O–H groups in total. The molecular formula is C24H25ClF6N4O4S. The molecule has 2 aromatic rings. The lowest BCUT2D eigenvalue weighted by atomic mass is 10.2. The van der Waals surface area contributed by atoms with Crippen LogP contribution in [0.5, 0.6) is 0 Å². The van der Waals surface area contributed by atoms with Gasteiger partial charge in [-0.05, 0) is 36.4 Å². The molecule has 2 aliphatic heterocycles. The third-order valence-electron chi connectivity index (χ3n) is 6.22. The molecule has 4 rings (SSSR count). The molecular weight excluding hydrogens is 590 g/mol. The van der Waals surface area contributed by atoms with Gasteiger partial charge in [-0.25, -0.2) is 8.42 Å². The first-order valence-electron chi connectivity index (χ1n) is 11.9. The summed E-state index contributed by atoms with van der Waals surface area (Å²) in [6.07, 6.45) is -9.63. The number of hydrogen-bond acceptors (Lipinski definition) is 6. The van der Waals surface area contributed by atoms with Gasteiger partial charge in [-0.3, -0.25) is 9.59 Å². The average molecular weight is 615 g/mol. The smallest absolute Gasteiger partial charge is 0.368 e. The Kier molecular flexibility index (Phi) is 9.82. The molecule has 0 aliphatic carbocycles. The highest BCUT2D eigenvalue weighted by molar-refractivity contribution is 8.13. The van der Waals surface area contributed by atoms with Gasteiger partial charge < -0.3 is 19.6 Å². The predicted octanol–water partition coefficient (Wildman–Crippen LogP) is 3.72. The van der Waals surface area contributed by atoms with Gasteiger partial charge in [-0.1, -0.05) is 18.2 Å². The Morgan fingerprint density at radius 3 is 1.27 bits per heavy atom. The fraction of sp³-hybridized carbons (Fsp3) is 0.417. The van der Waals surface area contributed by atoms with Crippen LogP contribution in [0.25, 0.3) is 0 Å². The van der Waals surface area contributed by atoms with Gasteiger partial charge in [0.05, 0.1) is 4.90 Å². The zero-order chi connectivity index (χ0) is 29.7. The van der Waals surface area contributed by atoms with Crippen molar-refractivity contribution >= 4 is 42.9 Å². The Morgan fingerprint density at radius 1 is 0.600 bits per heavy atom. The van der Waals surface area contributed by atoms with Crippen LogP contribution in [0, 0.1) is 0 Å². The normalized spacial score (nSPS) is 16.8. The van der Waals surface area contributed by atoms with Crippen molar-refractivity contribution in [1.29, 1.82) is 0 Å². The van der Waals surface area contributed by atoms with Crippen molar-refractivity contribution in [2.75, 3.05) is 62.2 Å². The minimum Gasteiger partial charge on any atom is -0.368 e. The Labute approximate surface area is 231 Å². The first-order valence-corrected chi connectivity index (χ1v) is 14.2. The largest absolute Gasteiger partial charge is 0.471 e. The predicted molar refractivity (Wildman–Crippen MR) is 136 cm³/mol. The van der Waals surface area contributed by atoms with E-state index in [1.54, 1.807) is 4.90 Å². The number of carbonyl (C=O) groups is 2. The first-order chi connectivity index (χ1) is 18.6. The quantitative estimate of drug-likeness (QED) is 0.387. The van der Waals surface area contributed by atoms with E-state index in [0.717, 1.165) is 15.5 Å². The molecule has 2 saturated heterocycles. The fourth-order valence-electron chi connectivity index (χ4n) is 4.15. The summed E-state index contributed by atoms with van der Waals surface area (Å²) in [6, 6.07) is 15.1. The number of hydrogen-bond donors (Lipinski definition) is 0. The molecule has 220 valence electrons. The second-order valence-corrected chi connectivity index (χ2v) is 11.4. The molecule has 2 heterocycles. The van der Waals surface area contributed by atoms with Gasteiger partial charge in [-0.2, -0.15) is 26.3 Å². The third kappa shape index (κ3) is 8.40. The Bertz CT molecular complexity index is 1260. The molecule has 0 unspecified atom stereocenters. The molecule has 2 aromatic carbocycles. The summed E-state index contributed by atoms with van der Waals surface area (Å²) < 4.78 is 96.0. The summed E-state index contributed by atoms with van der Waals surface area (Å²) >= 11 is 0. The van der Waals surface area contributed by atoms with Gasteiger partial charge in [0.1, 0.15) is 0 Å². The molecule has 0 spiro atoms. The van der Waals surface area contributed by atoms with Gasteiger partial charge in [0, 0.05) is 74.4 Å². The van der Waals surface area contributed by atoms with Crippen LogP contribution < -0.4 is 9.80 Å². The number of rotatable bonds is 3. The van der Waals surface area contributed by atoms with Crippen LogP contribution in [-0.4, -0.2) is 94.7 Å². The van der Waals surface area contributed by atoms with Crippen molar-refractivity contribution < 1.29 is 44.3 Å². The van der Waals surface area contributed by atoms with E-state index < -0.39 is 33.2 Å². The molecule has 2 fully saturated rings. The summed E-state index contributed by atoms with van der Waals surface area (Å²) in [7, 11) is 1.39. The zero-order valence-electron chi connectivity index (χ0n) is 20.8. The number of carbonyl (C=O) groups excluding carboxylic acids is 2. The Morgan fingerprint density at radius 2 is 0.950 bits per heavy atom. The summed E-state index contributed by atoms with van der Waals surface area (Å²) in [5.41, 5.74) is 1.62. The molecule has 0 aromatic heterocycles. The van der Waals surface area contributed by atoms with Crippen LogP contribution in [0.3, 0.4) is 0 Å². The molecule has 0 radical (unpaired) electrons. The van der Waals surface area contributed by atoms with Crippen molar-refractivity contribution in [2.45, 2.75) is 17.2 Å². The van der Waals surface area contributed by atoms with Crippen LogP contribution in [0.1, 0.15) is 0 Å². The topological polar surface area (TPSA) is 81.2 Å². The zero-order valence-corrected chi connectivity index (χ0v) is 22.4. The molecule has 2 amide bonds. The highest BCUT2D eigenvalue weighted by atomic mass is 35.7. The van der Waals surface area contributed by atoms with Crippen LogP contribution in [0.15, 0.2) is 59.5 Å². The maximum Gasteiger partial charge on any atom is 0.471 e. The van der Waals surface area contributed by atoms with Gasteiger partial charge in [-0.15, -0.1) is 0 Å². The van der Waals surface area contributed by atoms with Crippen LogP contribution in [0.4, 0.5) is 37.7 Å². The number of amides is 2. The van der Waals surface area contributed by atoms with E-state index in [1.807, 2.05) is 35.2 Å². The Hall–Kier alpha value is -3.20. The maximum atomic E-state index is 12.3. The molecule has 0 bridgehead atoms. The standard InChI is InChI=1S/C12H12ClF3N2O3S.C12H13F3N2O/c13-22(20,21)10-3-1-9(2-4-10)17-5-7-18(8-6-17)11(19)12(14,15)16;13-12(14,15)11(18)17-8-6-16(7-9-17)10-4-2-1-3-5-10/h1-4H,5-8H2;1-5H,6-9H2. The van der Waals surface area contributed by atoms with Gasteiger partial charge in [0.2, 0.25) is 0 Å². The lowest BCUT2D eigenvalue weighted by Crippen LogP contribution is -2.52. The summed E-state index contributed by atoms with van der Waals surface area (Å²) in [4.78, 5) is 27.5. The highest BCUT2D eigenvalue weighted by Crippen LogP contribution is 2.24. The summed E-state index contributed by atoms with van der Waals surface area (Å²) in [5.74, 6) is -3.58. The summed E-state index contributed by atoms with van der Waals surface area (Å²) in [6.45, 7) is 1.42. The van der Waals surface area contributed by atoms with Crippen molar-refractivity contribution in [2.24, 2.45) is 0 Å². The maximum absolute atomic E-state index is 12.3. The highest BCUT2D eigenvalue weighted by Gasteiger charge is 2.44. The fourth-order valence-corrected chi connectivity index (χ4v) is 4.92. The van der Waals surface area contributed by atoms with E-state index >= 15 is 0 Å². The van der Waals surface area contributed by atoms with Gasteiger partial charge in [0.25, 0.3) is 9.05 Å². The van der Waals surface area contributed by atoms with E-state index in [0.29, 0.717) is 18.8 Å². The number of alkyl halides is 6. The van der Waals surface area contributed by atoms with Crippen molar-refractivity contribution in [3.63, 3.8) is 0 Å². The lowest BCUT2D eigenvalue weighted by Gasteiger charge is -2.36. The van der Waals surface area contributed by atoms with Gasteiger partial charge >= 0.3 is 24.2 Å². The number of benzene rings is 2. The minimum atomic E-state index is -4.86. The number of piperazine rings is 2. The number of anilines is 2. The van der Waals surface area contributed by atoms with E-state index in [4.69, 9.17) is 10.7 Å². The van der Waals surface area contributed by atoms with E-state index in [1.165, 1.54) is 24.3 Å². The number of nitrogens with zero attached hydrogens (tertiary/aromatic N) is 4. The molecule has 16 heteroatoms.